The highest BCUT2D eigenvalue weighted by atomic mass is 35.5. The molecule has 0 saturated heterocycles. The molecule has 0 unspecified atom stereocenters. The molecule has 4 rings (SSSR count). The third kappa shape index (κ3) is 3.68. The summed E-state index contributed by atoms with van der Waals surface area (Å²) in [5.41, 5.74) is 3.09. The highest BCUT2D eigenvalue weighted by molar-refractivity contribution is 7.14. The molecule has 0 aliphatic rings. The molecule has 1 N–H and O–H groups in total. The van der Waals surface area contributed by atoms with Crippen LogP contribution in [0.3, 0.4) is 0 Å². The van der Waals surface area contributed by atoms with E-state index in [2.05, 4.69) is 48.3 Å². The number of nitrogens with one attached hydrogen (secondary N) is 1. The normalized spacial score (nSPS) is 11.0. The van der Waals surface area contributed by atoms with Crippen LogP contribution in [0.25, 0.3) is 21.6 Å². The van der Waals surface area contributed by atoms with Gasteiger partial charge in [0.05, 0.1) is 15.4 Å². The second kappa shape index (κ2) is 8.17. The first-order chi connectivity index (χ1) is 13.7. The molecule has 0 atom stereocenters. The van der Waals surface area contributed by atoms with Crippen molar-refractivity contribution in [2.45, 2.75) is 13.8 Å². The summed E-state index contributed by atoms with van der Waals surface area (Å²) in [6.07, 6.45) is 0. The van der Waals surface area contributed by atoms with Crippen molar-refractivity contribution in [2.75, 3.05) is 23.3 Å². The summed E-state index contributed by atoms with van der Waals surface area (Å²) in [4.78, 5) is 12.7. The number of para-hydroxylation sites is 1. The Hall–Kier alpha value is -2.63. The Morgan fingerprint density at radius 1 is 0.964 bits per heavy atom. The summed E-state index contributed by atoms with van der Waals surface area (Å²) in [5.74, 6) is 1.42. The van der Waals surface area contributed by atoms with Gasteiger partial charge in [0.2, 0.25) is 0 Å². The number of anilines is 3. The van der Waals surface area contributed by atoms with Gasteiger partial charge >= 0.3 is 0 Å². The van der Waals surface area contributed by atoms with Crippen molar-refractivity contribution in [1.82, 2.24) is 9.97 Å². The van der Waals surface area contributed by atoms with Crippen LogP contribution >= 0.6 is 22.9 Å². The van der Waals surface area contributed by atoms with Gasteiger partial charge in [-0.2, -0.15) is 0 Å². The van der Waals surface area contributed by atoms with Gasteiger partial charge in [0.25, 0.3) is 0 Å². The number of halogens is 1. The average molecular weight is 409 g/mol. The SMILES string of the molecule is CCN(CC)c1ccc(Nc2nc(-c3sccc3Cl)nc3ccccc23)cc1. The molecular weight excluding hydrogens is 388 g/mol. The van der Waals surface area contributed by atoms with Crippen molar-refractivity contribution < 1.29 is 0 Å². The first kappa shape index (κ1) is 18.7. The van der Waals surface area contributed by atoms with Gasteiger partial charge in [-0.25, -0.2) is 9.97 Å². The third-order valence-corrected chi connectivity index (χ3v) is 6.02. The molecule has 4 nitrogen and oxygen atoms in total. The molecular formula is C22H21ClN4S. The minimum absolute atomic E-state index is 0.640. The van der Waals surface area contributed by atoms with E-state index in [9.17, 15) is 0 Å². The Morgan fingerprint density at radius 2 is 1.71 bits per heavy atom. The summed E-state index contributed by atoms with van der Waals surface area (Å²) < 4.78 is 0. The lowest BCUT2D eigenvalue weighted by molar-refractivity contribution is 0.866. The molecule has 0 radical (unpaired) electrons. The topological polar surface area (TPSA) is 41.0 Å². The van der Waals surface area contributed by atoms with Gasteiger partial charge in [-0.3, -0.25) is 0 Å². The molecule has 2 heterocycles. The van der Waals surface area contributed by atoms with Crippen LogP contribution in [-0.2, 0) is 0 Å². The van der Waals surface area contributed by atoms with Gasteiger partial charge in [-0.1, -0.05) is 23.7 Å². The summed E-state index contributed by atoms with van der Waals surface area (Å²) in [5, 5.41) is 7.07. The maximum Gasteiger partial charge on any atom is 0.173 e. The van der Waals surface area contributed by atoms with Crippen molar-refractivity contribution in [3.63, 3.8) is 0 Å². The fourth-order valence-corrected chi connectivity index (χ4v) is 4.28. The molecule has 0 saturated carbocycles. The summed E-state index contributed by atoms with van der Waals surface area (Å²) in [6, 6.07) is 18.3. The standard InChI is InChI=1S/C22H21ClN4S/c1-3-27(4-2)16-11-9-15(10-12-16)24-21-17-7-5-6-8-19(17)25-22(26-21)20-18(23)13-14-28-20/h5-14H,3-4H2,1-2H3,(H,24,25,26). The molecule has 0 aliphatic carbocycles. The predicted octanol–water partition coefficient (Wildman–Crippen LogP) is 6.60. The van der Waals surface area contributed by atoms with E-state index in [0.717, 1.165) is 40.4 Å². The number of fused-ring (bicyclic) bond motifs is 1. The molecule has 6 heteroatoms. The highest BCUT2D eigenvalue weighted by Crippen LogP contribution is 2.34. The highest BCUT2D eigenvalue weighted by Gasteiger charge is 2.13. The lowest BCUT2D eigenvalue weighted by Crippen LogP contribution is -2.21. The maximum absolute atomic E-state index is 6.32. The molecule has 2 aromatic carbocycles. The number of thiophene rings is 1. The molecule has 4 aromatic rings. The van der Waals surface area contributed by atoms with Crippen LogP contribution in [-0.4, -0.2) is 23.1 Å². The van der Waals surface area contributed by atoms with Gasteiger partial charge in [-0.05, 0) is 61.7 Å². The second-order valence-electron chi connectivity index (χ2n) is 6.35. The Bertz CT molecular complexity index is 1090. The van der Waals surface area contributed by atoms with Crippen molar-refractivity contribution in [2.24, 2.45) is 0 Å². The zero-order valence-corrected chi connectivity index (χ0v) is 17.4. The van der Waals surface area contributed by atoms with Crippen LogP contribution < -0.4 is 10.2 Å². The van der Waals surface area contributed by atoms with Crippen LogP contribution in [0.2, 0.25) is 5.02 Å². The van der Waals surface area contributed by atoms with Crippen molar-refractivity contribution >= 4 is 51.0 Å². The van der Waals surface area contributed by atoms with Gasteiger partial charge in [0, 0.05) is 29.9 Å². The number of nitrogens with zero attached hydrogens (tertiary/aromatic N) is 3. The number of benzene rings is 2. The third-order valence-electron chi connectivity index (χ3n) is 4.68. The van der Waals surface area contributed by atoms with Crippen LogP contribution in [0.1, 0.15) is 13.8 Å². The van der Waals surface area contributed by atoms with Crippen molar-refractivity contribution in [1.29, 1.82) is 0 Å². The molecule has 28 heavy (non-hydrogen) atoms. The fraction of sp³-hybridized carbons (Fsp3) is 0.182. The van der Waals surface area contributed by atoms with E-state index >= 15 is 0 Å². The minimum atomic E-state index is 0.640. The largest absolute Gasteiger partial charge is 0.372 e. The lowest BCUT2D eigenvalue weighted by atomic mass is 10.2. The van der Waals surface area contributed by atoms with E-state index in [0.29, 0.717) is 10.8 Å². The van der Waals surface area contributed by atoms with Gasteiger partial charge in [-0.15, -0.1) is 11.3 Å². The maximum atomic E-state index is 6.32. The van der Waals surface area contributed by atoms with E-state index in [-0.39, 0.29) is 0 Å². The van der Waals surface area contributed by atoms with E-state index in [1.165, 1.54) is 5.69 Å². The zero-order chi connectivity index (χ0) is 19.5. The number of hydrogen-bond acceptors (Lipinski definition) is 5. The Morgan fingerprint density at radius 3 is 2.39 bits per heavy atom. The first-order valence-corrected chi connectivity index (χ1v) is 10.6. The summed E-state index contributed by atoms with van der Waals surface area (Å²) >= 11 is 7.86. The minimum Gasteiger partial charge on any atom is -0.372 e. The molecule has 0 aliphatic heterocycles. The second-order valence-corrected chi connectivity index (χ2v) is 7.68. The van der Waals surface area contributed by atoms with Crippen LogP contribution in [0.5, 0.6) is 0 Å². The van der Waals surface area contributed by atoms with Crippen LogP contribution in [0.15, 0.2) is 60.0 Å². The molecule has 0 fully saturated rings. The zero-order valence-electron chi connectivity index (χ0n) is 15.8. The number of hydrogen-bond donors (Lipinski definition) is 1. The van der Waals surface area contributed by atoms with E-state index in [4.69, 9.17) is 21.6 Å². The first-order valence-electron chi connectivity index (χ1n) is 9.31. The summed E-state index contributed by atoms with van der Waals surface area (Å²) in [7, 11) is 0. The van der Waals surface area contributed by atoms with Gasteiger partial charge in [0.1, 0.15) is 5.82 Å². The molecule has 0 amide bonds. The lowest BCUT2D eigenvalue weighted by Gasteiger charge is -2.21. The molecule has 0 bridgehead atoms. The Labute approximate surface area is 173 Å². The quantitative estimate of drug-likeness (QED) is 0.390. The van der Waals surface area contributed by atoms with E-state index in [1.54, 1.807) is 11.3 Å². The molecule has 0 spiro atoms. The van der Waals surface area contributed by atoms with E-state index in [1.807, 2.05) is 35.7 Å². The summed E-state index contributed by atoms with van der Waals surface area (Å²) in [6.45, 7) is 6.31. The smallest absolute Gasteiger partial charge is 0.173 e. The fourth-order valence-electron chi connectivity index (χ4n) is 3.21. The van der Waals surface area contributed by atoms with Crippen molar-refractivity contribution in [3.05, 3.63) is 65.0 Å². The average Bonchev–Trinajstić information content (AvgIpc) is 3.16. The Balaban J connectivity index is 1.73. The molecule has 2 aromatic heterocycles. The molecule has 142 valence electrons. The van der Waals surface area contributed by atoms with Crippen molar-refractivity contribution in [3.8, 4) is 10.7 Å². The van der Waals surface area contributed by atoms with Gasteiger partial charge in [0.15, 0.2) is 5.82 Å². The van der Waals surface area contributed by atoms with E-state index < -0.39 is 0 Å². The number of rotatable bonds is 6. The predicted molar refractivity (Wildman–Crippen MR) is 121 cm³/mol. The number of aromatic nitrogens is 2. The monoisotopic (exact) mass is 408 g/mol. The van der Waals surface area contributed by atoms with Gasteiger partial charge < -0.3 is 10.2 Å². The van der Waals surface area contributed by atoms with Crippen LogP contribution in [0.4, 0.5) is 17.2 Å². The van der Waals surface area contributed by atoms with Crippen LogP contribution in [0, 0.1) is 0 Å². The Kier molecular flexibility index (Phi) is 5.46.